The topological polar surface area (TPSA) is 50.2 Å². The summed E-state index contributed by atoms with van der Waals surface area (Å²) in [6.07, 6.45) is 7.44. The van der Waals surface area contributed by atoms with Gasteiger partial charge >= 0.3 is 6.03 Å². The predicted octanol–water partition coefficient (Wildman–Crippen LogP) is 3.34. The average molecular weight is 318 g/mol. The predicted molar refractivity (Wildman–Crippen MR) is 90.9 cm³/mol. The molecule has 0 saturated heterocycles. The van der Waals surface area contributed by atoms with Crippen LogP contribution in [0.2, 0.25) is 0 Å². The molecule has 2 amide bonds. The molecule has 2 fully saturated rings. The zero-order valence-corrected chi connectivity index (χ0v) is 15.3. The van der Waals surface area contributed by atoms with Gasteiger partial charge in [0.05, 0.1) is 12.2 Å². The molecule has 0 aromatic carbocycles. The van der Waals surface area contributed by atoms with Crippen molar-refractivity contribution in [3.8, 4) is 0 Å². The van der Waals surface area contributed by atoms with Gasteiger partial charge in [0.2, 0.25) is 0 Å². The average Bonchev–Trinajstić information content (AvgIpc) is 3.07. The maximum absolute atomic E-state index is 12.7. The smallest absolute Gasteiger partial charge is 0.317 e. The Morgan fingerprint density at radius 3 is 2.65 bits per heavy atom. The molecule has 128 valence electrons. The lowest BCUT2D eigenvalue weighted by Gasteiger charge is -2.40. The van der Waals surface area contributed by atoms with E-state index in [4.69, 9.17) is 0 Å². The Balaban J connectivity index is 1.68. The molecule has 4 atom stereocenters. The molecular weight excluding hydrogens is 288 g/mol. The molecular formula is C18H30N4O. The fraction of sp³-hybridized carbons (Fsp3) is 0.778. The van der Waals surface area contributed by atoms with Crippen molar-refractivity contribution in [1.29, 1.82) is 0 Å². The summed E-state index contributed by atoms with van der Waals surface area (Å²) in [5.74, 6) is 0.735. The van der Waals surface area contributed by atoms with Gasteiger partial charge in [-0.3, -0.25) is 4.68 Å². The van der Waals surface area contributed by atoms with Crippen molar-refractivity contribution < 1.29 is 4.79 Å². The first-order valence-corrected chi connectivity index (χ1v) is 8.68. The largest absolute Gasteiger partial charge is 0.335 e. The highest BCUT2D eigenvalue weighted by atomic mass is 16.2. The van der Waals surface area contributed by atoms with Crippen molar-refractivity contribution in [2.45, 2.75) is 59.0 Å². The third-order valence-corrected chi connectivity index (χ3v) is 7.20. The second-order valence-corrected chi connectivity index (χ2v) is 8.35. The van der Waals surface area contributed by atoms with Crippen LogP contribution in [0.15, 0.2) is 12.4 Å². The van der Waals surface area contributed by atoms with Gasteiger partial charge in [0, 0.05) is 31.9 Å². The molecule has 2 aliphatic carbocycles. The highest BCUT2D eigenvalue weighted by Gasteiger charge is 2.61. The minimum absolute atomic E-state index is 0.0168. The fourth-order valence-electron chi connectivity index (χ4n) is 4.73. The van der Waals surface area contributed by atoms with Gasteiger partial charge < -0.3 is 10.2 Å². The molecule has 2 bridgehead atoms. The zero-order valence-electron chi connectivity index (χ0n) is 15.3. The minimum atomic E-state index is 0.0168. The molecule has 2 aliphatic rings. The molecule has 0 aliphatic heterocycles. The number of aryl methyl sites for hydroxylation is 1. The van der Waals surface area contributed by atoms with Gasteiger partial charge in [0.1, 0.15) is 0 Å². The summed E-state index contributed by atoms with van der Waals surface area (Å²) in [5, 5.41) is 7.53. The van der Waals surface area contributed by atoms with Crippen LogP contribution in [-0.4, -0.2) is 33.8 Å². The lowest BCUT2D eigenvalue weighted by molar-refractivity contribution is 0.117. The molecule has 0 radical (unpaired) electrons. The molecule has 3 rings (SSSR count). The zero-order chi connectivity index (χ0) is 17.0. The number of hydrogen-bond acceptors (Lipinski definition) is 2. The first-order chi connectivity index (χ1) is 10.7. The van der Waals surface area contributed by atoms with Gasteiger partial charge in [0.15, 0.2) is 0 Å². The summed E-state index contributed by atoms with van der Waals surface area (Å²) >= 11 is 0. The Kier molecular flexibility index (Phi) is 3.73. The van der Waals surface area contributed by atoms with Crippen molar-refractivity contribution in [2.75, 3.05) is 7.05 Å². The number of hydrogen-bond donors (Lipinski definition) is 1. The van der Waals surface area contributed by atoms with E-state index >= 15 is 0 Å². The van der Waals surface area contributed by atoms with Crippen LogP contribution in [0.3, 0.4) is 0 Å². The number of carbonyl (C=O) groups is 1. The van der Waals surface area contributed by atoms with Gasteiger partial charge in [-0.1, -0.05) is 20.8 Å². The first kappa shape index (κ1) is 16.3. The molecule has 1 aromatic heterocycles. The van der Waals surface area contributed by atoms with Crippen molar-refractivity contribution >= 4 is 6.03 Å². The van der Waals surface area contributed by atoms with E-state index in [1.54, 1.807) is 9.58 Å². The fourth-order valence-corrected chi connectivity index (χ4v) is 4.73. The standard InChI is InChI=1S/C18H30N4O/c1-12(13-10-19-21(5)11-13)22(6)16(23)20-15-9-14-7-8-18(15,4)17(14,2)3/h10-12,14-15H,7-9H2,1-6H3,(H,20,23). The Labute approximate surface area is 139 Å². The molecule has 4 unspecified atom stereocenters. The second-order valence-electron chi connectivity index (χ2n) is 8.35. The summed E-state index contributed by atoms with van der Waals surface area (Å²) in [5.41, 5.74) is 1.59. The van der Waals surface area contributed by atoms with Crippen LogP contribution >= 0.6 is 0 Å². The van der Waals surface area contributed by atoms with E-state index in [9.17, 15) is 4.79 Å². The van der Waals surface area contributed by atoms with Gasteiger partial charge in [-0.15, -0.1) is 0 Å². The third kappa shape index (κ3) is 2.36. The lowest BCUT2D eigenvalue weighted by atomic mass is 9.69. The Bertz CT molecular complexity index is 608. The summed E-state index contributed by atoms with van der Waals surface area (Å²) in [6, 6.07) is 0.325. The SMILES string of the molecule is CC(c1cnn(C)c1)N(C)C(=O)NC1CC2CCC1(C)C2(C)C. The monoisotopic (exact) mass is 318 g/mol. The first-order valence-electron chi connectivity index (χ1n) is 8.68. The summed E-state index contributed by atoms with van der Waals surface area (Å²) in [6.45, 7) is 9.15. The number of rotatable bonds is 3. The third-order valence-electron chi connectivity index (χ3n) is 7.20. The van der Waals surface area contributed by atoms with Crippen LogP contribution < -0.4 is 5.32 Å². The maximum atomic E-state index is 12.7. The van der Waals surface area contributed by atoms with E-state index in [0.717, 1.165) is 17.9 Å². The number of nitrogens with zero attached hydrogens (tertiary/aromatic N) is 3. The number of aromatic nitrogens is 2. The van der Waals surface area contributed by atoms with Crippen molar-refractivity contribution in [3.63, 3.8) is 0 Å². The van der Waals surface area contributed by atoms with Crippen LogP contribution in [0.1, 0.15) is 58.6 Å². The number of amides is 2. The van der Waals surface area contributed by atoms with Crippen LogP contribution in [0.5, 0.6) is 0 Å². The van der Waals surface area contributed by atoms with E-state index < -0.39 is 0 Å². The molecule has 1 aromatic rings. The number of carbonyl (C=O) groups excluding carboxylic acids is 1. The van der Waals surface area contributed by atoms with Crippen LogP contribution in [0.4, 0.5) is 4.79 Å². The van der Waals surface area contributed by atoms with Gasteiger partial charge in [-0.25, -0.2) is 4.79 Å². The summed E-state index contributed by atoms with van der Waals surface area (Å²) < 4.78 is 1.77. The van der Waals surface area contributed by atoms with E-state index in [-0.39, 0.29) is 23.5 Å². The van der Waals surface area contributed by atoms with Gasteiger partial charge in [0.25, 0.3) is 0 Å². The van der Waals surface area contributed by atoms with Crippen molar-refractivity contribution in [3.05, 3.63) is 18.0 Å². The molecule has 1 heterocycles. The normalized spacial score (nSPS) is 32.8. The Hall–Kier alpha value is -1.52. The number of urea groups is 1. The molecule has 23 heavy (non-hydrogen) atoms. The van der Waals surface area contributed by atoms with E-state index in [1.807, 2.05) is 33.4 Å². The van der Waals surface area contributed by atoms with E-state index in [1.165, 1.54) is 12.8 Å². The van der Waals surface area contributed by atoms with Gasteiger partial charge in [-0.05, 0) is 42.9 Å². The van der Waals surface area contributed by atoms with Crippen LogP contribution in [0.25, 0.3) is 0 Å². The minimum Gasteiger partial charge on any atom is -0.335 e. The molecule has 5 nitrogen and oxygen atoms in total. The molecule has 1 N–H and O–H groups in total. The number of nitrogens with one attached hydrogen (secondary N) is 1. The van der Waals surface area contributed by atoms with Crippen LogP contribution in [0, 0.1) is 16.7 Å². The number of fused-ring (bicyclic) bond motifs is 2. The van der Waals surface area contributed by atoms with Crippen LogP contribution in [-0.2, 0) is 7.05 Å². The summed E-state index contributed by atoms with van der Waals surface area (Å²) in [7, 11) is 3.77. The Morgan fingerprint density at radius 1 is 1.48 bits per heavy atom. The maximum Gasteiger partial charge on any atom is 0.317 e. The lowest BCUT2D eigenvalue weighted by Crippen LogP contribution is -2.50. The quantitative estimate of drug-likeness (QED) is 0.929. The van der Waals surface area contributed by atoms with Crippen molar-refractivity contribution in [2.24, 2.45) is 23.8 Å². The second kappa shape index (κ2) is 5.25. The van der Waals surface area contributed by atoms with Crippen molar-refractivity contribution in [1.82, 2.24) is 20.0 Å². The highest BCUT2D eigenvalue weighted by Crippen LogP contribution is 2.65. The molecule has 5 heteroatoms. The highest BCUT2D eigenvalue weighted by molar-refractivity contribution is 5.75. The van der Waals surface area contributed by atoms with E-state index in [2.05, 4.69) is 31.2 Å². The molecule has 2 saturated carbocycles. The van der Waals surface area contributed by atoms with E-state index in [0.29, 0.717) is 5.41 Å². The Morgan fingerprint density at radius 2 is 2.17 bits per heavy atom. The molecule has 0 spiro atoms. The van der Waals surface area contributed by atoms with Gasteiger partial charge in [-0.2, -0.15) is 5.10 Å². The summed E-state index contributed by atoms with van der Waals surface area (Å²) in [4.78, 5) is 14.5.